The van der Waals surface area contributed by atoms with Crippen LogP contribution in [-0.2, 0) is 11.3 Å². The van der Waals surface area contributed by atoms with Gasteiger partial charge in [-0.25, -0.2) is 0 Å². The highest BCUT2D eigenvalue weighted by atomic mass is 32.1. The van der Waals surface area contributed by atoms with Crippen molar-refractivity contribution >= 4 is 11.3 Å². The van der Waals surface area contributed by atoms with Crippen LogP contribution in [0.1, 0.15) is 89.5 Å². The molecule has 0 radical (unpaired) electrons. The largest absolute Gasteiger partial charge is 0.494 e. The molecule has 37 heavy (non-hydrogen) atoms. The standard InChI is InChI=1S/C33H46O3S/c1-2-3-24-35-32-18-14-30(15-19-32)31-16-20-33(21-17-31)36-25-13-11-9-7-5-4-6-8-10-12-23-34-27-29-22-26-37-28-29/h14-22,26,28H,2-13,23-25,27H2,1H3. The van der Waals surface area contributed by atoms with E-state index in [1.807, 2.05) is 0 Å². The third kappa shape index (κ3) is 12.7. The van der Waals surface area contributed by atoms with E-state index >= 15 is 0 Å². The van der Waals surface area contributed by atoms with Crippen LogP contribution in [0.2, 0.25) is 0 Å². The summed E-state index contributed by atoms with van der Waals surface area (Å²) in [7, 11) is 0. The SMILES string of the molecule is CCCCOc1ccc(-c2ccc(OCCCCCCCCCCCCOCc3ccsc3)cc2)cc1. The summed E-state index contributed by atoms with van der Waals surface area (Å²) < 4.78 is 17.5. The Morgan fingerprint density at radius 2 is 1.03 bits per heavy atom. The summed E-state index contributed by atoms with van der Waals surface area (Å²) in [4.78, 5) is 0. The van der Waals surface area contributed by atoms with Crippen molar-refractivity contribution in [2.24, 2.45) is 0 Å². The zero-order valence-corrected chi connectivity index (χ0v) is 23.6. The first-order valence-corrected chi connectivity index (χ1v) is 15.3. The van der Waals surface area contributed by atoms with Crippen LogP contribution < -0.4 is 9.47 Å². The zero-order chi connectivity index (χ0) is 25.8. The molecule has 3 aromatic rings. The van der Waals surface area contributed by atoms with Crippen LogP contribution in [0.5, 0.6) is 11.5 Å². The Morgan fingerprint density at radius 3 is 1.51 bits per heavy atom. The summed E-state index contributed by atoms with van der Waals surface area (Å²) in [6, 6.07) is 18.9. The summed E-state index contributed by atoms with van der Waals surface area (Å²) >= 11 is 1.74. The molecule has 4 heteroatoms. The topological polar surface area (TPSA) is 27.7 Å². The number of thiophene rings is 1. The van der Waals surface area contributed by atoms with E-state index in [1.54, 1.807) is 11.3 Å². The van der Waals surface area contributed by atoms with Gasteiger partial charge >= 0.3 is 0 Å². The van der Waals surface area contributed by atoms with E-state index < -0.39 is 0 Å². The van der Waals surface area contributed by atoms with Gasteiger partial charge in [0.15, 0.2) is 0 Å². The minimum Gasteiger partial charge on any atom is -0.494 e. The maximum absolute atomic E-state index is 5.96. The van der Waals surface area contributed by atoms with E-state index in [4.69, 9.17) is 14.2 Å². The Hall–Kier alpha value is -2.30. The Kier molecular flexibility index (Phi) is 14.9. The van der Waals surface area contributed by atoms with Crippen LogP contribution in [0.3, 0.4) is 0 Å². The first kappa shape index (κ1) is 29.3. The number of benzene rings is 2. The van der Waals surface area contributed by atoms with Gasteiger partial charge in [-0.2, -0.15) is 11.3 Å². The number of unbranched alkanes of at least 4 members (excludes halogenated alkanes) is 10. The van der Waals surface area contributed by atoms with Gasteiger partial charge in [0.25, 0.3) is 0 Å². The van der Waals surface area contributed by atoms with Crippen molar-refractivity contribution in [3.8, 4) is 22.6 Å². The summed E-state index contributed by atoms with van der Waals surface area (Å²) in [5.74, 6) is 1.90. The molecule has 0 bridgehead atoms. The minimum atomic E-state index is 0.769. The van der Waals surface area contributed by atoms with Gasteiger partial charge in [0.1, 0.15) is 11.5 Å². The molecule has 0 N–H and O–H groups in total. The van der Waals surface area contributed by atoms with Gasteiger partial charge in [0.2, 0.25) is 0 Å². The average molecular weight is 523 g/mol. The van der Waals surface area contributed by atoms with Crippen molar-refractivity contribution in [1.29, 1.82) is 0 Å². The molecule has 1 aromatic heterocycles. The molecule has 0 aliphatic rings. The monoisotopic (exact) mass is 522 g/mol. The molecular weight excluding hydrogens is 476 g/mol. The van der Waals surface area contributed by atoms with Crippen LogP contribution in [0, 0.1) is 0 Å². The molecule has 0 spiro atoms. The molecule has 0 fully saturated rings. The molecule has 0 saturated carbocycles. The van der Waals surface area contributed by atoms with E-state index in [-0.39, 0.29) is 0 Å². The van der Waals surface area contributed by atoms with E-state index in [1.165, 1.54) is 74.5 Å². The lowest BCUT2D eigenvalue weighted by atomic mass is 10.1. The van der Waals surface area contributed by atoms with Crippen molar-refractivity contribution in [3.05, 3.63) is 70.9 Å². The lowest BCUT2D eigenvalue weighted by Gasteiger charge is -2.09. The van der Waals surface area contributed by atoms with Crippen molar-refractivity contribution < 1.29 is 14.2 Å². The first-order chi connectivity index (χ1) is 18.3. The third-order valence-electron chi connectivity index (χ3n) is 6.61. The summed E-state index contributed by atoms with van der Waals surface area (Å²) in [6.07, 6.45) is 15.2. The van der Waals surface area contributed by atoms with Gasteiger partial charge in [-0.15, -0.1) is 0 Å². The highest BCUT2D eigenvalue weighted by molar-refractivity contribution is 7.07. The van der Waals surface area contributed by atoms with E-state index in [9.17, 15) is 0 Å². The maximum Gasteiger partial charge on any atom is 0.119 e. The molecule has 0 unspecified atom stereocenters. The maximum atomic E-state index is 5.96. The highest BCUT2D eigenvalue weighted by Gasteiger charge is 2.01. The van der Waals surface area contributed by atoms with Crippen LogP contribution >= 0.6 is 11.3 Å². The summed E-state index contributed by atoms with van der Waals surface area (Å²) in [6.45, 7) is 5.43. The van der Waals surface area contributed by atoms with Gasteiger partial charge in [-0.1, -0.05) is 89.0 Å². The van der Waals surface area contributed by atoms with Gasteiger partial charge in [-0.3, -0.25) is 0 Å². The van der Waals surface area contributed by atoms with E-state index in [2.05, 4.69) is 72.3 Å². The average Bonchev–Trinajstić information content (AvgIpc) is 3.45. The molecule has 0 aliphatic heterocycles. The van der Waals surface area contributed by atoms with E-state index in [0.717, 1.165) is 57.2 Å². The van der Waals surface area contributed by atoms with Gasteiger partial charge in [-0.05, 0) is 77.0 Å². The van der Waals surface area contributed by atoms with Crippen molar-refractivity contribution in [1.82, 2.24) is 0 Å². The molecular formula is C33H46O3S. The number of ether oxygens (including phenoxy) is 3. The molecule has 2 aromatic carbocycles. The predicted molar refractivity (Wildman–Crippen MR) is 158 cm³/mol. The molecule has 0 aliphatic carbocycles. The molecule has 0 amide bonds. The van der Waals surface area contributed by atoms with Crippen molar-refractivity contribution in [2.45, 2.75) is 90.6 Å². The Bertz CT molecular complexity index is 919. The number of rotatable bonds is 21. The Balaban J connectivity index is 1.12. The lowest BCUT2D eigenvalue weighted by Crippen LogP contribution is -1.97. The molecule has 0 saturated heterocycles. The fourth-order valence-corrected chi connectivity index (χ4v) is 4.95. The van der Waals surface area contributed by atoms with Crippen molar-refractivity contribution in [2.75, 3.05) is 19.8 Å². The first-order valence-electron chi connectivity index (χ1n) is 14.4. The molecule has 3 nitrogen and oxygen atoms in total. The van der Waals surface area contributed by atoms with Crippen LogP contribution in [0.25, 0.3) is 11.1 Å². The normalized spacial score (nSPS) is 11.1. The smallest absolute Gasteiger partial charge is 0.119 e. The highest BCUT2D eigenvalue weighted by Crippen LogP contribution is 2.25. The number of hydrogen-bond donors (Lipinski definition) is 0. The second kappa shape index (κ2) is 18.9. The van der Waals surface area contributed by atoms with Crippen LogP contribution in [0.4, 0.5) is 0 Å². The molecule has 1 heterocycles. The Morgan fingerprint density at radius 1 is 0.541 bits per heavy atom. The van der Waals surface area contributed by atoms with Crippen LogP contribution in [0.15, 0.2) is 65.4 Å². The van der Waals surface area contributed by atoms with E-state index in [0.29, 0.717) is 0 Å². The second-order valence-electron chi connectivity index (χ2n) is 9.82. The second-order valence-corrected chi connectivity index (χ2v) is 10.6. The molecule has 202 valence electrons. The van der Waals surface area contributed by atoms with Gasteiger partial charge in [0.05, 0.1) is 19.8 Å². The number of hydrogen-bond acceptors (Lipinski definition) is 4. The fraction of sp³-hybridized carbons (Fsp3) is 0.515. The molecule has 3 rings (SSSR count). The fourth-order valence-electron chi connectivity index (χ4n) is 4.30. The molecule has 0 atom stereocenters. The zero-order valence-electron chi connectivity index (χ0n) is 22.8. The van der Waals surface area contributed by atoms with Gasteiger partial charge < -0.3 is 14.2 Å². The third-order valence-corrected chi connectivity index (χ3v) is 7.34. The van der Waals surface area contributed by atoms with Crippen LogP contribution in [-0.4, -0.2) is 19.8 Å². The van der Waals surface area contributed by atoms with Gasteiger partial charge in [0, 0.05) is 6.61 Å². The minimum absolute atomic E-state index is 0.769. The predicted octanol–water partition coefficient (Wildman–Crippen LogP) is 10.1. The Labute approximate surface area is 229 Å². The van der Waals surface area contributed by atoms with Crippen molar-refractivity contribution in [3.63, 3.8) is 0 Å². The lowest BCUT2D eigenvalue weighted by molar-refractivity contribution is 0.117. The summed E-state index contributed by atoms with van der Waals surface area (Å²) in [5, 5.41) is 4.27. The summed E-state index contributed by atoms with van der Waals surface area (Å²) in [5.41, 5.74) is 3.71. The quantitative estimate of drug-likeness (QED) is 0.130.